The Labute approximate surface area is 251 Å². The van der Waals surface area contributed by atoms with Crippen LogP contribution >= 0.6 is 0 Å². The number of furan rings is 1. The number of nitrogens with zero attached hydrogens (tertiary/aromatic N) is 1. The summed E-state index contributed by atoms with van der Waals surface area (Å²) >= 11 is 0. The van der Waals surface area contributed by atoms with Crippen LogP contribution in [0.4, 0.5) is 4.39 Å². The highest BCUT2D eigenvalue weighted by molar-refractivity contribution is 7.89. The van der Waals surface area contributed by atoms with E-state index in [0.29, 0.717) is 17.7 Å². The molecular formula is C33H34FN3O5S. The number of hydrogen-bond donors (Lipinski definition) is 2. The Morgan fingerprint density at radius 3 is 2.23 bits per heavy atom. The molecule has 0 saturated heterocycles. The second-order valence-electron chi connectivity index (χ2n) is 10.7. The summed E-state index contributed by atoms with van der Waals surface area (Å²) < 4.78 is 46.7. The van der Waals surface area contributed by atoms with E-state index in [0.717, 1.165) is 24.0 Å². The number of carbonyl (C=O) groups excluding carboxylic acids is 2. The van der Waals surface area contributed by atoms with Crippen LogP contribution in [-0.2, 0) is 45.5 Å². The third-order valence-electron chi connectivity index (χ3n) is 7.31. The maximum absolute atomic E-state index is 13.9. The standard InChI is InChI=1S/C33H34FN3O5S/c34-27-13-8-26(9-14-27)23-37(31(21-25-5-2-1-3-6-25)33(39)35-22-29-7-4-20-42-29)32(38)19-12-24-10-17-30(18-11-24)43(40,41)36-28-15-16-28/h1-11,13-14,17-18,20,28,31,36H,12,15-16,19,21-23H2,(H,35,39)/t31-/m1/s1. The molecule has 1 aliphatic rings. The van der Waals surface area contributed by atoms with Crippen LogP contribution in [0.5, 0.6) is 0 Å². The van der Waals surface area contributed by atoms with E-state index in [1.54, 1.807) is 48.5 Å². The van der Waals surface area contributed by atoms with Gasteiger partial charge in [-0.3, -0.25) is 9.59 Å². The zero-order valence-corrected chi connectivity index (χ0v) is 24.4. The van der Waals surface area contributed by atoms with Crippen molar-refractivity contribution in [2.45, 2.75) is 62.2 Å². The van der Waals surface area contributed by atoms with Crippen LogP contribution in [0.1, 0.15) is 41.7 Å². The van der Waals surface area contributed by atoms with Crippen LogP contribution in [0.2, 0.25) is 0 Å². The zero-order chi connectivity index (χ0) is 30.2. The van der Waals surface area contributed by atoms with Crippen molar-refractivity contribution in [3.8, 4) is 0 Å². The molecule has 1 aromatic heterocycles. The Bertz CT molecular complexity index is 1610. The van der Waals surface area contributed by atoms with E-state index in [1.807, 2.05) is 30.3 Å². The fourth-order valence-corrected chi connectivity index (χ4v) is 6.07. The quantitative estimate of drug-likeness (QED) is 0.216. The van der Waals surface area contributed by atoms with Gasteiger partial charge in [-0.25, -0.2) is 17.5 Å². The largest absolute Gasteiger partial charge is 0.467 e. The Hall–Kier alpha value is -4.28. The highest BCUT2D eigenvalue weighted by Crippen LogP contribution is 2.23. The molecule has 0 spiro atoms. The highest BCUT2D eigenvalue weighted by atomic mass is 32.2. The number of halogens is 1. The zero-order valence-electron chi connectivity index (χ0n) is 23.6. The normalized spacial score (nSPS) is 13.8. The maximum Gasteiger partial charge on any atom is 0.243 e. The van der Waals surface area contributed by atoms with E-state index in [9.17, 15) is 22.4 Å². The van der Waals surface area contributed by atoms with Crippen LogP contribution < -0.4 is 10.0 Å². The van der Waals surface area contributed by atoms with Gasteiger partial charge in [0.15, 0.2) is 0 Å². The van der Waals surface area contributed by atoms with E-state index >= 15 is 0 Å². The van der Waals surface area contributed by atoms with Crippen molar-refractivity contribution in [2.24, 2.45) is 0 Å². The number of aryl methyl sites for hydroxylation is 1. The lowest BCUT2D eigenvalue weighted by Crippen LogP contribution is -2.50. The molecule has 3 aromatic carbocycles. The van der Waals surface area contributed by atoms with Crippen LogP contribution in [0.3, 0.4) is 0 Å². The second kappa shape index (κ2) is 13.8. The minimum atomic E-state index is -3.57. The van der Waals surface area contributed by atoms with Gasteiger partial charge in [-0.1, -0.05) is 54.6 Å². The summed E-state index contributed by atoms with van der Waals surface area (Å²) in [6.45, 7) is 0.273. The van der Waals surface area contributed by atoms with Gasteiger partial charge in [0.25, 0.3) is 0 Å². The van der Waals surface area contributed by atoms with Gasteiger partial charge in [0.05, 0.1) is 17.7 Å². The molecule has 0 radical (unpaired) electrons. The van der Waals surface area contributed by atoms with Crippen LogP contribution in [0.15, 0.2) is 107 Å². The predicted molar refractivity (Wildman–Crippen MR) is 160 cm³/mol. The van der Waals surface area contributed by atoms with Crippen LogP contribution in [0, 0.1) is 5.82 Å². The minimum Gasteiger partial charge on any atom is -0.467 e. The summed E-state index contributed by atoms with van der Waals surface area (Å²) in [6, 6.07) is 24.5. The number of nitrogens with one attached hydrogen (secondary N) is 2. The number of benzene rings is 3. The van der Waals surface area contributed by atoms with Crippen LogP contribution in [0.25, 0.3) is 0 Å². The maximum atomic E-state index is 13.9. The first-order valence-electron chi connectivity index (χ1n) is 14.3. The lowest BCUT2D eigenvalue weighted by molar-refractivity contribution is -0.141. The average Bonchev–Trinajstić information content (AvgIpc) is 3.66. The van der Waals surface area contributed by atoms with Gasteiger partial charge in [-0.05, 0) is 72.4 Å². The molecule has 0 bridgehead atoms. The summed E-state index contributed by atoms with van der Waals surface area (Å²) in [4.78, 5) is 29.2. The van der Waals surface area contributed by atoms with Gasteiger partial charge in [0.1, 0.15) is 17.6 Å². The summed E-state index contributed by atoms with van der Waals surface area (Å²) in [6.07, 6.45) is 3.93. The number of carbonyl (C=O) groups is 2. The van der Waals surface area contributed by atoms with E-state index in [1.165, 1.54) is 23.3 Å². The Morgan fingerprint density at radius 1 is 0.884 bits per heavy atom. The Kier molecular flexibility index (Phi) is 9.68. The number of amides is 2. The van der Waals surface area contributed by atoms with Crippen molar-refractivity contribution < 1.29 is 26.8 Å². The molecule has 2 amide bonds. The first kappa shape index (κ1) is 30.2. The highest BCUT2D eigenvalue weighted by Gasteiger charge is 2.31. The van der Waals surface area contributed by atoms with E-state index in [2.05, 4.69) is 10.0 Å². The van der Waals surface area contributed by atoms with Crippen molar-refractivity contribution >= 4 is 21.8 Å². The van der Waals surface area contributed by atoms with Crippen molar-refractivity contribution in [2.75, 3.05) is 0 Å². The third kappa shape index (κ3) is 8.62. The molecule has 0 aliphatic heterocycles. The summed E-state index contributed by atoms with van der Waals surface area (Å²) in [5.74, 6) is -0.406. The fraction of sp³-hybridized carbons (Fsp3) is 0.273. The number of sulfonamides is 1. The van der Waals surface area contributed by atoms with Gasteiger partial charge in [-0.15, -0.1) is 0 Å². The topological polar surface area (TPSA) is 109 Å². The average molecular weight is 604 g/mol. The smallest absolute Gasteiger partial charge is 0.243 e. The van der Waals surface area contributed by atoms with Gasteiger partial charge < -0.3 is 14.6 Å². The second-order valence-corrected chi connectivity index (χ2v) is 12.4. The van der Waals surface area contributed by atoms with Crippen LogP contribution in [-0.4, -0.2) is 37.2 Å². The first-order chi connectivity index (χ1) is 20.8. The molecule has 43 heavy (non-hydrogen) atoms. The first-order valence-corrected chi connectivity index (χ1v) is 15.7. The predicted octanol–water partition coefficient (Wildman–Crippen LogP) is 4.75. The molecule has 1 fully saturated rings. The monoisotopic (exact) mass is 603 g/mol. The molecule has 2 N–H and O–H groups in total. The molecule has 5 rings (SSSR count). The van der Waals surface area contributed by atoms with Crippen molar-refractivity contribution in [1.29, 1.82) is 0 Å². The van der Waals surface area contributed by atoms with E-state index in [-0.39, 0.29) is 48.7 Å². The summed E-state index contributed by atoms with van der Waals surface area (Å²) in [7, 11) is -3.57. The number of rotatable bonds is 14. The molecule has 1 atom stereocenters. The molecule has 1 heterocycles. The van der Waals surface area contributed by atoms with Gasteiger partial charge in [0.2, 0.25) is 21.8 Å². The SMILES string of the molecule is O=C(NCc1ccco1)[C@@H](Cc1ccccc1)N(Cc1ccc(F)cc1)C(=O)CCc1ccc(S(=O)(=O)NC2CC2)cc1. The molecule has 10 heteroatoms. The molecule has 0 unspecified atom stereocenters. The lowest BCUT2D eigenvalue weighted by Gasteiger charge is -2.31. The van der Waals surface area contributed by atoms with Gasteiger partial charge >= 0.3 is 0 Å². The fourth-order valence-electron chi connectivity index (χ4n) is 4.76. The van der Waals surface area contributed by atoms with Gasteiger partial charge in [0, 0.05) is 25.4 Å². The molecule has 1 aliphatic carbocycles. The van der Waals surface area contributed by atoms with Crippen molar-refractivity contribution in [1.82, 2.24) is 14.9 Å². The molecule has 4 aromatic rings. The van der Waals surface area contributed by atoms with E-state index < -0.39 is 21.9 Å². The Morgan fingerprint density at radius 2 is 1.58 bits per heavy atom. The molecule has 8 nitrogen and oxygen atoms in total. The molecule has 224 valence electrons. The lowest BCUT2D eigenvalue weighted by atomic mass is 10.0. The van der Waals surface area contributed by atoms with Gasteiger partial charge in [-0.2, -0.15) is 0 Å². The Balaban J connectivity index is 1.35. The van der Waals surface area contributed by atoms with E-state index in [4.69, 9.17) is 4.42 Å². The molecular weight excluding hydrogens is 569 g/mol. The minimum absolute atomic E-state index is 0.00880. The van der Waals surface area contributed by atoms with Crippen molar-refractivity contribution in [3.63, 3.8) is 0 Å². The third-order valence-corrected chi connectivity index (χ3v) is 8.85. The summed E-state index contributed by atoms with van der Waals surface area (Å²) in [5.41, 5.74) is 2.36. The number of hydrogen-bond acceptors (Lipinski definition) is 5. The molecule has 1 saturated carbocycles. The summed E-state index contributed by atoms with van der Waals surface area (Å²) in [5, 5.41) is 2.90. The van der Waals surface area contributed by atoms with Crippen molar-refractivity contribution in [3.05, 3.63) is 126 Å².